The van der Waals surface area contributed by atoms with Gasteiger partial charge in [-0.1, -0.05) is 13.8 Å². The fourth-order valence-electron chi connectivity index (χ4n) is 2.56. The summed E-state index contributed by atoms with van der Waals surface area (Å²) in [5.74, 6) is -0.509. The maximum absolute atomic E-state index is 12.1. The molecule has 0 bridgehead atoms. The van der Waals surface area contributed by atoms with Crippen LogP contribution >= 0.6 is 0 Å². The standard InChI is InChI=1S/C15H26N2O4/c1-14(2)10-11(18)17(12(14)19)9-7-6-8-15(3,16-4)13(20)21-5/h16H,6-10H2,1-5H3. The van der Waals surface area contributed by atoms with Crippen molar-refractivity contribution in [1.29, 1.82) is 0 Å². The molecule has 1 N–H and O–H groups in total. The summed E-state index contributed by atoms with van der Waals surface area (Å²) < 4.78 is 4.78. The number of carbonyl (C=O) groups is 3. The Morgan fingerprint density at radius 2 is 2.00 bits per heavy atom. The van der Waals surface area contributed by atoms with E-state index in [0.717, 1.165) is 6.42 Å². The molecule has 1 heterocycles. The number of esters is 1. The molecule has 1 unspecified atom stereocenters. The van der Waals surface area contributed by atoms with Gasteiger partial charge in [0.1, 0.15) is 5.54 Å². The zero-order chi connectivity index (χ0) is 16.3. The van der Waals surface area contributed by atoms with Crippen molar-refractivity contribution in [3.8, 4) is 0 Å². The van der Waals surface area contributed by atoms with E-state index in [1.54, 1.807) is 27.8 Å². The first-order chi connectivity index (χ1) is 9.68. The van der Waals surface area contributed by atoms with E-state index in [2.05, 4.69) is 5.32 Å². The lowest BCUT2D eigenvalue weighted by Crippen LogP contribution is -2.48. The van der Waals surface area contributed by atoms with Gasteiger partial charge in [0.05, 0.1) is 12.5 Å². The number of methoxy groups -OCH3 is 1. The Labute approximate surface area is 126 Å². The Hall–Kier alpha value is -1.43. The smallest absolute Gasteiger partial charge is 0.325 e. The minimum Gasteiger partial charge on any atom is -0.468 e. The van der Waals surface area contributed by atoms with Crippen LogP contribution in [-0.2, 0) is 19.1 Å². The molecule has 0 aromatic rings. The molecule has 1 saturated heterocycles. The number of unbranched alkanes of at least 4 members (excludes halogenated alkanes) is 1. The molecule has 120 valence electrons. The molecule has 6 heteroatoms. The molecule has 1 fully saturated rings. The van der Waals surface area contributed by atoms with Crippen LogP contribution in [-0.4, -0.2) is 48.9 Å². The van der Waals surface area contributed by atoms with Gasteiger partial charge in [-0.25, -0.2) is 0 Å². The zero-order valence-corrected chi connectivity index (χ0v) is 13.6. The van der Waals surface area contributed by atoms with Crippen LogP contribution in [0.2, 0.25) is 0 Å². The number of rotatable bonds is 7. The van der Waals surface area contributed by atoms with E-state index >= 15 is 0 Å². The largest absolute Gasteiger partial charge is 0.468 e. The van der Waals surface area contributed by atoms with Crippen molar-refractivity contribution < 1.29 is 19.1 Å². The highest BCUT2D eigenvalue weighted by atomic mass is 16.5. The number of hydrogen-bond acceptors (Lipinski definition) is 5. The van der Waals surface area contributed by atoms with Crippen LogP contribution in [0.15, 0.2) is 0 Å². The lowest BCUT2D eigenvalue weighted by atomic mass is 9.92. The van der Waals surface area contributed by atoms with Gasteiger partial charge in [0.2, 0.25) is 11.8 Å². The quantitative estimate of drug-likeness (QED) is 0.432. The molecular formula is C15H26N2O4. The maximum atomic E-state index is 12.1. The fourth-order valence-corrected chi connectivity index (χ4v) is 2.56. The highest BCUT2D eigenvalue weighted by molar-refractivity contribution is 6.05. The first kappa shape index (κ1) is 17.6. The minimum atomic E-state index is -0.729. The Morgan fingerprint density at radius 1 is 1.38 bits per heavy atom. The van der Waals surface area contributed by atoms with E-state index in [0.29, 0.717) is 19.4 Å². The van der Waals surface area contributed by atoms with Crippen LogP contribution < -0.4 is 5.32 Å². The topological polar surface area (TPSA) is 75.7 Å². The SMILES string of the molecule is CNC(C)(CCCCN1C(=O)CC(C)(C)C1=O)C(=O)OC. The van der Waals surface area contributed by atoms with Crippen molar-refractivity contribution in [1.82, 2.24) is 10.2 Å². The molecule has 1 aliphatic heterocycles. The highest BCUT2D eigenvalue weighted by Gasteiger charge is 2.44. The lowest BCUT2D eigenvalue weighted by molar-refractivity contribution is -0.148. The summed E-state index contributed by atoms with van der Waals surface area (Å²) in [6, 6.07) is 0. The van der Waals surface area contributed by atoms with Gasteiger partial charge in [-0.2, -0.15) is 0 Å². The highest BCUT2D eigenvalue weighted by Crippen LogP contribution is 2.31. The number of likely N-dealkylation sites (tertiary alicyclic amines) is 1. The predicted octanol–water partition coefficient (Wildman–Crippen LogP) is 1.09. The zero-order valence-electron chi connectivity index (χ0n) is 13.6. The summed E-state index contributed by atoms with van der Waals surface area (Å²) in [7, 11) is 3.08. The Bertz CT molecular complexity index is 433. The summed E-state index contributed by atoms with van der Waals surface area (Å²) in [6.07, 6.45) is 2.28. The van der Waals surface area contributed by atoms with E-state index in [1.165, 1.54) is 12.0 Å². The molecule has 0 aromatic heterocycles. The molecule has 0 aromatic carbocycles. The molecule has 2 amide bonds. The van der Waals surface area contributed by atoms with Gasteiger partial charge in [-0.15, -0.1) is 0 Å². The number of nitrogens with zero attached hydrogens (tertiary/aromatic N) is 1. The second-order valence-corrected chi connectivity index (χ2v) is 6.44. The molecule has 1 rings (SSSR count). The summed E-state index contributed by atoms with van der Waals surface area (Å²) >= 11 is 0. The van der Waals surface area contributed by atoms with Crippen molar-refractivity contribution in [2.45, 2.75) is 52.0 Å². The van der Waals surface area contributed by atoms with Crippen LogP contribution in [0.3, 0.4) is 0 Å². The van der Waals surface area contributed by atoms with Crippen molar-refractivity contribution >= 4 is 17.8 Å². The third-order valence-corrected chi connectivity index (χ3v) is 4.21. The molecule has 0 spiro atoms. The molecule has 0 saturated carbocycles. The number of ether oxygens (including phenoxy) is 1. The average molecular weight is 298 g/mol. The summed E-state index contributed by atoms with van der Waals surface area (Å²) in [5, 5.41) is 2.97. The van der Waals surface area contributed by atoms with Gasteiger partial charge in [-0.05, 0) is 33.2 Å². The van der Waals surface area contributed by atoms with Gasteiger partial charge < -0.3 is 10.1 Å². The minimum absolute atomic E-state index is 0.100. The first-order valence-corrected chi connectivity index (χ1v) is 7.30. The molecule has 6 nitrogen and oxygen atoms in total. The molecule has 1 aliphatic rings. The number of imide groups is 1. The van der Waals surface area contributed by atoms with Gasteiger partial charge in [0, 0.05) is 13.0 Å². The Balaban J connectivity index is 2.46. The van der Waals surface area contributed by atoms with E-state index in [-0.39, 0.29) is 24.2 Å². The average Bonchev–Trinajstić information content (AvgIpc) is 2.63. The molecule has 1 atom stereocenters. The van der Waals surface area contributed by atoms with Crippen molar-refractivity contribution in [2.24, 2.45) is 5.41 Å². The first-order valence-electron chi connectivity index (χ1n) is 7.30. The molecule has 0 aliphatic carbocycles. The summed E-state index contributed by atoms with van der Waals surface area (Å²) in [4.78, 5) is 36.9. The van der Waals surface area contributed by atoms with Crippen molar-refractivity contribution in [3.05, 3.63) is 0 Å². The second kappa shape index (κ2) is 6.56. The predicted molar refractivity (Wildman–Crippen MR) is 78.4 cm³/mol. The Kier molecular flexibility index (Phi) is 5.50. The van der Waals surface area contributed by atoms with E-state index < -0.39 is 11.0 Å². The van der Waals surface area contributed by atoms with Gasteiger partial charge in [0.25, 0.3) is 0 Å². The lowest BCUT2D eigenvalue weighted by Gasteiger charge is -2.26. The third kappa shape index (κ3) is 3.81. The number of likely N-dealkylation sites (N-methyl/N-ethyl adjacent to an activating group) is 1. The number of hydrogen-bond donors (Lipinski definition) is 1. The number of carbonyl (C=O) groups excluding carboxylic acids is 3. The van der Waals surface area contributed by atoms with Crippen LogP contribution in [0.25, 0.3) is 0 Å². The normalized spacial score (nSPS) is 20.5. The third-order valence-electron chi connectivity index (χ3n) is 4.21. The van der Waals surface area contributed by atoms with E-state index in [9.17, 15) is 14.4 Å². The summed E-state index contributed by atoms with van der Waals surface area (Å²) in [5.41, 5.74) is -1.31. The van der Waals surface area contributed by atoms with Crippen LogP contribution in [0.1, 0.15) is 46.5 Å². The Morgan fingerprint density at radius 3 is 2.43 bits per heavy atom. The van der Waals surface area contributed by atoms with Crippen LogP contribution in [0.5, 0.6) is 0 Å². The molecular weight excluding hydrogens is 272 g/mol. The van der Waals surface area contributed by atoms with E-state index in [1.807, 2.05) is 0 Å². The maximum Gasteiger partial charge on any atom is 0.325 e. The van der Waals surface area contributed by atoms with Crippen molar-refractivity contribution in [2.75, 3.05) is 20.7 Å². The molecule has 21 heavy (non-hydrogen) atoms. The summed E-state index contributed by atoms with van der Waals surface area (Å²) in [6.45, 7) is 5.79. The molecule has 0 radical (unpaired) electrons. The second-order valence-electron chi connectivity index (χ2n) is 6.44. The number of nitrogens with one attached hydrogen (secondary N) is 1. The van der Waals surface area contributed by atoms with Gasteiger partial charge in [-0.3, -0.25) is 19.3 Å². The monoisotopic (exact) mass is 298 g/mol. The van der Waals surface area contributed by atoms with Crippen LogP contribution in [0, 0.1) is 5.41 Å². The fraction of sp³-hybridized carbons (Fsp3) is 0.800. The van der Waals surface area contributed by atoms with Crippen LogP contribution in [0.4, 0.5) is 0 Å². The van der Waals surface area contributed by atoms with Gasteiger partial charge >= 0.3 is 5.97 Å². The van der Waals surface area contributed by atoms with Crippen molar-refractivity contribution in [3.63, 3.8) is 0 Å². The number of amides is 2. The van der Waals surface area contributed by atoms with Gasteiger partial charge in [0.15, 0.2) is 0 Å². The van der Waals surface area contributed by atoms with E-state index in [4.69, 9.17) is 4.74 Å².